The maximum atomic E-state index is 14.0. The molecule has 1 aliphatic rings. The summed E-state index contributed by atoms with van der Waals surface area (Å²) < 4.78 is 26.2. The summed E-state index contributed by atoms with van der Waals surface area (Å²) in [5.74, 6) is -0.598. The number of anilines is 1. The summed E-state index contributed by atoms with van der Waals surface area (Å²) in [6, 6.07) is 14.4. The summed E-state index contributed by atoms with van der Waals surface area (Å²) in [4.78, 5) is 33.3. The van der Waals surface area contributed by atoms with Crippen molar-refractivity contribution in [2.75, 3.05) is 11.5 Å². The predicted octanol–water partition coefficient (Wildman–Crippen LogP) is 5.40. The number of halogens is 1. The summed E-state index contributed by atoms with van der Waals surface area (Å²) in [6.45, 7) is 2.40. The van der Waals surface area contributed by atoms with E-state index < -0.39 is 23.2 Å². The maximum absolute atomic E-state index is 14.0. The van der Waals surface area contributed by atoms with E-state index in [1.165, 1.54) is 40.5 Å². The molecule has 0 radical (unpaired) electrons. The van der Waals surface area contributed by atoms with E-state index in [0.717, 1.165) is 10.8 Å². The van der Waals surface area contributed by atoms with Crippen molar-refractivity contribution in [2.45, 2.75) is 13.0 Å². The number of carbonyl (C=O) groups excluding carboxylic acids is 1. The van der Waals surface area contributed by atoms with Crippen molar-refractivity contribution < 1.29 is 23.4 Å². The van der Waals surface area contributed by atoms with Gasteiger partial charge in [-0.15, -0.1) is 0 Å². The first-order chi connectivity index (χ1) is 16.9. The van der Waals surface area contributed by atoms with Gasteiger partial charge >= 0.3 is 0 Å². The number of rotatable bonds is 4. The van der Waals surface area contributed by atoms with Crippen LogP contribution in [-0.2, 0) is 0 Å². The Morgan fingerprint density at radius 1 is 1.14 bits per heavy atom. The molecule has 0 spiro atoms. The molecule has 0 fully saturated rings. The molecule has 9 heteroatoms. The van der Waals surface area contributed by atoms with Gasteiger partial charge in [-0.1, -0.05) is 23.5 Å². The summed E-state index contributed by atoms with van der Waals surface area (Å²) >= 11 is 1.27. The second-order valence-corrected chi connectivity index (χ2v) is 9.06. The van der Waals surface area contributed by atoms with Crippen molar-refractivity contribution in [2.24, 2.45) is 0 Å². The number of thiazole rings is 1. The lowest BCUT2D eigenvalue weighted by Crippen LogP contribution is -2.29. The second-order valence-electron chi connectivity index (χ2n) is 8.05. The Balaban J connectivity index is 1.60. The Labute approximate surface area is 201 Å². The van der Waals surface area contributed by atoms with E-state index in [2.05, 4.69) is 4.98 Å². The van der Waals surface area contributed by atoms with E-state index in [-0.39, 0.29) is 28.0 Å². The topological polar surface area (TPSA) is 92.9 Å². The summed E-state index contributed by atoms with van der Waals surface area (Å²) in [5, 5.41) is 10.5. The number of nitrogens with zero attached hydrogens (tertiary/aromatic N) is 2. The number of hydrogen-bond donors (Lipinski definition) is 1. The Morgan fingerprint density at radius 2 is 2.00 bits per heavy atom. The first-order valence-electron chi connectivity index (χ1n) is 10.9. The first kappa shape index (κ1) is 21.3. The molecule has 2 aromatic heterocycles. The monoisotopic (exact) mass is 488 g/mol. The maximum Gasteiger partial charge on any atom is 0.297 e. The van der Waals surface area contributed by atoms with Gasteiger partial charge in [0.05, 0.1) is 33.8 Å². The van der Waals surface area contributed by atoms with Crippen LogP contribution in [0.2, 0.25) is 0 Å². The van der Waals surface area contributed by atoms with Gasteiger partial charge in [0, 0.05) is 0 Å². The third-order valence-corrected chi connectivity index (χ3v) is 6.90. The van der Waals surface area contributed by atoms with Gasteiger partial charge in [0.1, 0.15) is 22.9 Å². The number of hydrogen-bond acceptors (Lipinski definition) is 7. The Hall–Kier alpha value is -4.24. The molecular formula is C26H17FN2O5S. The van der Waals surface area contributed by atoms with Crippen LogP contribution in [0.25, 0.3) is 21.2 Å². The number of aromatic nitrogens is 1. The molecular weight excluding hydrogens is 471 g/mol. The van der Waals surface area contributed by atoms with Gasteiger partial charge in [-0.3, -0.25) is 14.5 Å². The molecule has 1 amide bonds. The highest BCUT2D eigenvalue weighted by molar-refractivity contribution is 7.22. The van der Waals surface area contributed by atoms with E-state index >= 15 is 0 Å². The SMILES string of the molecule is CCOc1ccc2nc(N3C(=O)c4oc5ccc(F)cc5c(=O)c4C3c3cccc(O)c3)sc2c1. The van der Waals surface area contributed by atoms with Gasteiger partial charge in [0.15, 0.2) is 10.6 Å². The van der Waals surface area contributed by atoms with Crippen LogP contribution < -0.4 is 15.1 Å². The van der Waals surface area contributed by atoms with Crippen molar-refractivity contribution in [3.8, 4) is 11.5 Å². The minimum atomic E-state index is -0.916. The van der Waals surface area contributed by atoms with Crippen molar-refractivity contribution in [1.82, 2.24) is 4.98 Å². The van der Waals surface area contributed by atoms with Gasteiger partial charge in [-0.05, 0) is 61.0 Å². The molecule has 174 valence electrons. The number of phenolic OH excluding ortho intramolecular Hbond substituents is 1. The van der Waals surface area contributed by atoms with Gasteiger partial charge in [-0.25, -0.2) is 9.37 Å². The molecule has 6 rings (SSSR count). The average molecular weight is 488 g/mol. The third kappa shape index (κ3) is 3.35. The lowest BCUT2D eigenvalue weighted by molar-refractivity contribution is 0.0971. The highest BCUT2D eigenvalue weighted by Gasteiger charge is 2.45. The van der Waals surface area contributed by atoms with E-state index in [9.17, 15) is 19.1 Å². The average Bonchev–Trinajstić information content (AvgIpc) is 3.38. The van der Waals surface area contributed by atoms with Crippen LogP contribution in [0, 0.1) is 5.82 Å². The van der Waals surface area contributed by atoms with E-state index in [1.807, 2.05) is 13.0 Å². The summed E-state index contributed by atoms with van der Waals surface area (Å²) in [6.07, 6.45) is 0. The number of carbonyl (C=O) groups is 1. The fourth-order valence-corrected chi connectivity index (χ4v) is 5.43. The summed E-state index contributed by atoms with van der Waals surface area (Å²) in [5.41, 5.74) is 0.844. The predicted molar refractivity (Wildman–Crippen MR) is 130 cm³/mol. The van der Waals surface area contributed by atoms with Crippen LogP contribution in [0.1, 0.15) is 34.6 Å². The van der Waals surface area contributed by atoms with Crippen LogP contribution >= 0.6 is 11.3 Å². The molecule has 0 bridgehead atoms. The Morgan fingerprint density at radius 3 is 2.80 bits per heavy atom. The van der Waals surface area contributed by atoms with Gasteiger partial charge in [0.25, 0.3) is 5.91 Å². The number of benzene rings is 3. The highest BCUT2D eigenvalue weighted by atomic mass is 32.1. The molecule has 0 aliphatic carbocycles. The molecule has 7 nitrogen and oxygen atoms in total. The number of fused-ring (bicyclic) bond motifs is 3. The van der Waals surface area contributed by atoms with Crippen molar-refractivity contribution in [3.05, 3.63) is 93.6 Å². The van der Waals surface area contributed by atoms with Crippen LogP contribution in [-0.4, -0.2) is 22.6 Å². The number of ether oxygens (including phenoxy) is 1. The molecule has 3 aromatic carbocycles. The highest BCUT2D eigenvalue weighted by Crippen LogP contribution is 2.44. The van der Waals surface area contributed by atoms with E-state index in [0.29, 0.717) is 28.6 Å². The largest absolute Gasteiger partial charge is 0.508 e. The first-order valence-corrected chi connectivity index (χ1v) is 11.7. The zero-order chi connectivity index (χ0) is 24.3. The normalized spacial score (nSPS) is 15.2. The fourth-order valence-electron chi connectivity index (χ4n) is 4.40. The van der Waals surface area contributed by atoms with E-state index in [4.69, 9.17) is 9.15 Å². The molecule has 1 aliphatic heterocycles. The fraction of sp³-hybridized carbons (Fsp3) is 0.115. The molecule has 5 aromatic rings. The van der Waals surface area contributed by atoms with Crippen molar-refractivity contribution in [3.63, 3.8) is 0 Å². The van der Waals surface area contributed by atoms with Gasteiger partial charge in [0.2, 0.25) is 5.76 Å². The standard InChI is InChI=1S/C26H17FN2O5S/c1-2-33-16-7-8-18-20(12-16)35-26(28-18)29-22(13-4-3-5-15(30)10-13)21-23(31)17-11-14(27)6-9-19(17)34-24(21)25(29)32/h3-12,22,30H,2H2,1H3. The van der Waals surface area contributed by atoms with Crippen LogP contribution in [0.3, 0.4) is 0 Å². The zero-order valence-corrected chi connectivity index (χ0v) is 19.1. The van der Waals surface area contributed by atoms with Crippen LogP contribution in [0.5, 0.6) is 11.5 Å². The quantitative estimate of drug-likeness (QED) is 0.364. The van der Waals surface area contributed by atoms with Crippen molar-refractivity contribution >= 4 is 43.6 Å². The minimum absolute atomic E-state index is 0.0229. The number of phenols is 1. The van der Waals surface area contributed by atoms with Gasteiger partial charge in [-0.2, -0.15) is 0 Å². The smallest absolute Gasteiger partial charge is 0.297 e. The molecule has 3 heterocycles. The number of aromatic hydroxyl groups is 1. The van der Waals surface area contributed by atoms with Crippen LogP contribution in [0.4, 0.5) is 9.52 Å². The molecule has 0 saturated carbocycles. The van der Waals surface area contributed by atoms with Crippen molar-refractivity contribution in [1.29, 1.82) is 0 Å². The lowest BCUT2D eigenvalue weighted by Gasteiger charge is -2.22. The van der Waals surface area contributed by atoms with E-state index in [1.54, 1.807) is 24.3 Å². The Bertz CT molecular complexity index is 1710. The lowest BCUT2D eigenvalue weighted by atomic mass is 9.98. The molecule has 1 unspecified atom stereocenters. The Kier molecular flexibility index (Phi) is 4.82. The zero-order valence-electron chi connectivity index (χ0n) is 18.3. The summed E-state index contributed by atoms with van der Waals surface area (Å²) in [7, 11) is 0. The molecule has 0 saturated heterocycles. The minimum Gasteiger partial charge on any atom is -0.508 e. The molecule has 35 heavy (non-hydrogen) atoms. The number of amides is 1. The second kappa shape index (κ2) is 7.92. The third-order valence-electron chi connectivity index (χ3n) is 5.88. The molecule has 1 N–H and O–H groups in total. The molecule has 1 atom stereocenters. The van der Waals surface area contributed by atoms with Crippen LogP contribution in [0.15, 0.2) is 69.9 Å². The van der Waals surface area contributed by atoms with Gasteiger partial charge < -0.3 is 14.3 Å².